The topological polar surface area (TPSA) is 69.1 Å². The minimum absolute atomic E-state index is 0.503. The first kappa shape index (κ1) is 7.29. The van der Waals surface area contributed by atoms with Gasteiger partial charge in [0, 0.05) is 0 Å². The van der Waals surface area contributed by atoms with Gasteiger partial charge in [-0.3, -0.25) is 0 Å². The predicted molar refractivity (Wildman–Crippen MR) is 41.3 cm³/mol. The number of anilines is 2. The summed E-state index contributed by atoms with van der Waals surface area (Å²) in [6.45, 7) is 0. The van der Waals surface area contributed by atoms with Crippen LogP contribution in [0, 0.1) is 0 Å². The van der Waals surface area contributed by atoms with E-state index in [1.54, 1.807) is 18.2 Å². The molecule has 0 saturated carbocycles. The Morgan fingerprint density at radius 3 is 2.40 bits per heavy atom. The molecule has 0 aliphatic rings. The quantitative estimate of drug-likeness (QED) is 0.473. The molecule has 0 heterocycles. The van der Waals surface area contributed by atoms with Crippen molar-refractivity contribution in [2.75, 3.05) is 11.5 Å². The third kappa shape index (κ3) is 1.36. The van der Waals surface area contributed by atoms with Crippen LogP contribution in [-0.4, -0.2) is 15.7 Å². The molecule has 4 heteroatoms. The maximum atomic E-state index is 10.4. The van der Waals surface area contributed by atoms with Crippen LogP contribution in [0.25, 0.3) is 0 Å². The Hall–Kier alpha value is -0.822. The molecule has 1 aromatic carbocycles. The fourth-order valence-corrected chi connectivity index (χ4v) is 1.31. The Labute approximate surface area is 65.3 Å². The molecule has 0 bridgehead atoms. The summed E-state index contributed by atoms with van der Waals surface area (Å²) in [6.07, 6.45) is 0. The van der Waals surface area contributed by atoms with E-state index in [0.29, 0.717) is 11.4 Å². The molecule has 0 saturated heterocycles. The zero-order valence-corrected chi connectivity index (χ0v) is 7.12. The molecular formula is C6H7AsN2O. The van der Waals surface area contributed by atoms with Crippen LogP contribution in [-0.2, 0) is 3.74 Å². The van der Waals surface area contributed by atoms with E-state index < -0.39 is 15.7 Å². The van der Waals surface area contributed by atoms with Crippen molar-refractivity contribution in [1.29, 1.82) is 0 Å². The molecule has 10 heavy (non-hydrogen) atoms. The Balaban J connectivity index is 3.16. The molecule has 1 aromatic rings. The molecule has 0 aliphatic carbocycles. The molecule has 0 aromatic heterocycles. The second kappa shape index (κ2) is 2.84. The van der Waals surface area contributed by atoms with Crippen molar-refractivity contribution in [3.63, 3.8) is 0 Å². The summed E-state index contributed by atoms with van der Waals surface area (Å²) >= 11 is -0.979. The summed E-state index contributed by atoms with van der Waals surface area (Å²) in [5.74, 6) is 0. The number of hydrogen-bond donors (Lipinski definition) is 2. The molecule has 4 N–H and O–H groups in total. The van der Waals surface area contributed by atoms with Gasteiger partial charge in [0.05, 0.1) is 0 Å². The summed E-state index contributed by atoms with van der Waals surface area (Å²) in [4.78, 5) is 0. The Morgan fingerprint density at radius 1 is 1.20 bits per heavy atom. The van der Waals surface area contributed by atoms with Crippen molar-refractivity contribution >= 4 is 31.4 Å². The van der Waals surface area contributed by atoms with Crippen LogP contribution in [0.3, 0.4) is 0 Å². The van der Waals surface area contributed by atoms with E-state index in [2.05, 4.69) is 0 Å². The molecule has 52 valence electrons. The van der Waals surface area contributed by atoms with Gasteiger partial charge < -0.3 is 0 Å². The van der Waals surface area contributed by atoms with E-state index in [9.17, 15) is 3.74 Å². The van der Waals surface area contributed by atoms with Gasteiger partial charge in [0.25, 0.3) is 0 Å². The molecule has 3 nitrogen and oxygen atoms in total. The zero-order valence-electron chi connectivity index (χ0n) is 5.24. The summed E-state index contributed by atoms with van der Waals surface area (Å²) in [5, 5.41) is 0. The zero-order chi connectivity index (χ0) is 7.56. The standard InChI is InChI=1S/C6H7AsN2O/c8-5-2-1-4(7-10)3-6(5)9/h1-3H,8-9H2. The summed E-state index contributed by atoms with van der Waals surface area (Å²) < 4.78 is 11.2. The van der Waals surface area contributed by atoms with Crippen molar-refractivity contribution < 1.29 is 3.74 Å². The summed E-state index contributed by atoms with van der Waals surface area (Å²) in [7, 11) is 0. The van der Waals surface area contributed by atoms with Crippen LogP contribution in [0.15, 0.2) is 18.2 Å². The maximum absolute atomic E-state index is 10.4. The molecule has 0 amide bonds. The van der Waals surface area contributed by atoms with Gasteiger partial charge in [-0.1, -0.05) is 0 Å². The summed E-state index contributed by atoms with van der Waals surface area (Å²) in [6, 6.07) is 5.03. The van der Waals surface area contributed by atoms with Crippen molar-refractivity contribution in [3.05, 3.63) is 18.2 Å². The fraction of sp³-hybridized carbons (Fsp3) is 0. The van der Waals surface area contributed by atoms with E-state index in [-0.39, 0.29) is 0 Å². The van der Waals surface area contributed by atoms with Gasteiger partial charge in [-0.15, -0.1) is 0 Å². The Kier molecular flexibility index (Phi) is 2.07. The van der Waals surface area contributed by atoms with E-state index in [1.807, 2.05) is 0 Å². The molecule has 0 unspecified atom stereocenters. The molecule has 0 atom stereocenters. The van der Waals surface area contributed by atoms with Gasteiger partial charge in [0.2, 0.25) is 0 Å². The third-order valence-electron chi connectivity index (χ3n) is 1.18. The normalized spacial score (nSPS) is 10.0. The van der Waals surface area contributed by atoms with Crippen molar-refractivity contribution in [1.82, 2.24) is 0 Å². The average molecular weight is 198 g/mol. The number of nitrogen functional groups attached to an aromatic ring is 2. The van der Waals surface area contributed by atoms with Gasteiger partial charge >= 0.3 is 64.8 Å². The number of hydrogen-bond acceptors (Lipinski definition) is 3. The van der Waals surface area contributed by atoms with E-state index in [4.69, 9.17) is 11.5 Å². The van der Waals surface area contributed by atoms with Gasteiger partial charge in [-0.2, -0.15) is 0 Å². The molecule has 0 spiro atoms. The first-order valence-electron chi connectivity index (χ1n) is 2.72. The van der Waals surface area contributed by atoms with Crippen LogP contribution < -0.4 is 15.8 Å². The molecular weight excluding hydrogens is 191 g/mol. The Morgan fingerprint density at radius 2 is 1.90 bits per heavy atom. The minimum atomic E-state index is -0.979. The number of nitrogens with two attached hydrogens (primary N) is 2. The first-order chi connectivity index (χ1) is 4.74. The monoisotopic (exact) mass is 198 g/mol. The van der Waals surface area contributed by atoms with Crippen molar-refractivity contribution in [2.24, 2.45) is 0 Å². The van der Waals surface area contributed by atoms with Crippen LogP contribution in [0.1, 0.15) is 0 Å². The van der Waals surface area contributed by atoms with E-state index in [0.717, 1.165) is 4.35 Å². The van der Waals surface area contributed by atoms with E-state index in [1.165, 1.54) is 0 Å². The Bertz CT molecular complexity index is 262. The fourth-order valence-electron chi connectivity index (χ4n) is 0.619. The van der Waals surface area contributed by atoms with Gasteiger partial charge in [0.15, 0.2) is 0 Å². The number of benzene rings is 1. The van der Waals surface area contributed by atoms with Gasteiger partial charge in [-0.05, 0) is 0 Å². The van der Waals surface area contributed by atoms with Crippen LogP contribution >= 0.6 is 0 Å². The molecule has 1 rings (SSSR count). The second-order valence-electron chi connectivity index (χ2n) is 1.90. The first-order valence-corrected chi connectivity index (χ1v) is 4.43. The van der Waals surface area contributed by atoms with Crippen molar-refractivity contribution in [2.45, 2.75) is 0 Å². The second-order valence-corrected chi connectivity index (χ2v) is 3.37. The van der Waals surface area contributed by atoms with Crippen LogP contribution in [0.5, 0.6) is 0 Å². The number of rotatable bonds is 1. The van der Waals surface area contributed by atoms with Gasteiger partial charge in [-0.25, -0.2) is 0 Å². The molecule has 0 fully saturated rings. The summed E-state index contributed by atoms with van der Waals surface area (Å²) in [5.41, 5.74) is 11.9. The van der Waals surface area contributed by atoms with Crippen LogP contribution in [0.4, 0.5) is 11.4 Å². The van der Waals surface area contributed by atoms with Gasteiger partial charge in [0.1, 0.15) is 0 Å². The third-order valence-corrected chi connectivity index (χ3v) is 2.20. The molecule has 0 radical (unpaired) electrons. The predicted octanol–water partition coefficient (Wildman–Crippen LogP) is -0.474. The molecule has 0 aliphatic heterocycles. The van der Waals surface area contributed by atoms with Crippen molar-refractivity contribution in [3.8, 4) is 0 Å². The van der Waals surface area contributed by atoms with Crippen LogP contribution in [0.2, 0.25) is 0 Å². The average Bonchev–Trinajstić information content (AvgIpc) is 1.95. The SMILES string of the molecule is Nc1ccc([As]=O)cc1N. The van der Waals surface area contributed by atoms with E-state index >= 15 is 0 Å².